The van der Waals surface area contributed by atoms with Gasteiger partial charge in [0.1, 0.15) is 15.0 Å². The van der Waals surface area contributed by atoms with Crippen LogP contribution in [0.15, 0.2) is 89.8 Å². The largest absolute Gasteiger partial charge is 0.744 e. The zero-order chi connectivity index (χ0) is 19.0. The highest BCUT2D eigenvalue weighted by Crippen LogP contribution is 2.21. The molecule has 134 valence electrons. The van der Waals surface area contributed by atoms with E-state index in [2.05, 4.69) is 60.7 Å². The molecule has 0 aliphatic heterocycles. The Labute approximate surface area is 161 Å². The zero-order valence-electron chi connectivity index (χ0n) is 13.4. The molecule has 0 amide bonds. The molecule has 0 atom stereocenters. The molecule has 0 fully saturated rings. The van der Waals surface area contributed by atoms with Gasteiger partial charge in [0, 0.05) is 6.07 Å². The van der Waals surface area contributed by atoms with Crippen molar-refractivity contribution >= 4 is 15.8 Å². The van der Waals surface area contributed by atoms with Crippen molar-refractivity contribution in [3.8, 4) is 0 Å². The quantitative estimate of drug-likeness (QED) is 0.230. The number of benzene rings is 3. The van der Waals surface area contributed by atoms with Crippen molar-refractivity contribution < 1.29 is 39.1 Å². The highest BCUT2D eigenvalue weighted by atomic mass is 127. The van der Waals surface area contributed by atoms with E-state index >= 15 is 0 Å². The Morgan fingerprint density at radius 3 is 1.54 bits per heavy atom. The van der Waals surface area contributed by atoms with Crippen molar-refractivity contribution in [1.82, 2.24) is 0 Å². The van der Waals surface area contributed by atoms with Crippen LogP contribution in [0.25, 0.3) is 0 Å². The van der Waals surface area contributed by atoms with E-state index in [1.165, 1.54) is 19.3 Å². The standard InChI is InChI=1S/C12H10I.C6H5NO5S/c1-3-7-11(8-4-1)13-12-9-5-2-6-10-12;8-7(9)5-3-1-2-4-6(5)13(10,11)12/h1-10H;1-4H,(H,10,11,12)/q+1;/p-1. The van der Waals surface area contributed by atoms with Crippen LogP contribution in [-0.4, -0.2) is 17.9 Å². The van der Waals surface area contributed by atoms with Gasteiger partial charge in [0.15, 0.2) is 7.14 Å². The molecular weight excluding hydrogens is 469 g/mol. The summed E-state index contributed by atoms with van der Waals surface area (Å²) in [5.41, 5.74) is -0.697. The summed E-state index contributed by atoms with van der Waals surface area (Å²) in [4.78, 5) is 8.55. The number of rotatable bonds is 4. The Bertz CT molecular complexity index is 926. The Balaban J connectivity index is 0.000000187. The Morgan fingerprint density at radius 1 is 0.731 bits per heavy atom. The molecule has 0 aliphatic carbocycles. The second kappa shape index (κ2) is 9.41. The van der Waals surface area contributed by atoms with Crippen LogP contribution in [0.2, 0.25) is 0 Å². The van der Waals surface area contributed by atoms with Gasteiger partial charge in [-0.15, -0.1) is 0 Å². The molecule has 0 aromatic heterocycles. The van der Waals surface area contributed by atoms with Crippen LogP contribution in [0.5, 0.6) is 0 Å². The number of para-hydroxylation sites is 1. The van der Waals surface area contributed by atoms with Crippen LogP contribution in [0.4, 0.5) is 5.69 Å². The van der Waals surface area contributed by atoms with Crippen LogP contribution >= 0.6 is 0 Å². The fourth-order valence-electron chi connectivity index (χ4n) is 1.90. The smallest absolute Gasteiger partial charge is 0.357 e. The third kappa shape index (κ3) is 6.21. The molecule has 0 spiro atoms. The number of nitro groups is 1. The fourth-order valence-corrected chi connectivity index (χ4v) is 4.81. The van der Waals surface area contributed by atoms with E-state index in [-0.39, 0.29) is 21.2 Å². The Kier molecular flexibility index (Phi) is 7.25. The topological polar surface area (TPSA) is 100 Å². The first-order valence-electron chi connectivity index (χ1n) is 7.32. The van der Waals surface area contributed by atoms with Crippen molar-refractivity contribution in [3.63, 3.8) is 0 Å². The van der Waals surface area contributed by atoms with Crippen LogP contribution < -0.4 is 21.2 Å². The van der Waals surface area contributed by atoms with Gasteiger partial charge in [0.25, 0.3) is 5.69 Å². The average Bonchev–Trinajstić information content (AvgIpc) is 2.63. The van der Waals surface area contributed by atoms with E-state index in [0.29, 0.717) is 0 Å². The number of nitrogens with zero attached hydrogens (tertiary/aromatic N) is 1. The van der Waals surface area contributed by atoms with Crippen molar-refractivity contribution in [2.75, 3.05) is 0 Å². The van der Waals surface area contributed by atoms with E-state index in [1.807, 2.05) is 0 Å². The Morgan fingerprint density at radius 2 is 1.15 bits per heavy atom. The lowest BCUT2D eigenvalue weighted by atomic mass is 10.3. The second-order valence-corrected chi connectivity index (χ2v) is 9.24. The third-order valence-electron chi connectivity index (χ3n) is 3.02. The van der Waals surface area contributed by atoms with Gasteiger partial charge < -0.3 is 4.55 Å². The summed E-state index contributed by atoms with van der Waals surface area (Å²) >= 11 is 0.0287. The molecule has 0 aliphatic rings. The molecule has 8 heteroatoms. The van der Waals surface area contributed by atoms with Gasteiger partial charge in [-0.05, 0) is 30.3 Å². The lowest BCUT2D eigenvalue weighted by Gasteiger charge is -2.06. The predicted octanol–water partition coefficient (Wildman–Crippen LogP) is 0.314. The molecule has 0 unspecified atom stereocenters. The molecular formula is C18H14INO5S. The molecule has 0 N–H and O–H groups in total. The van der Waals surface area contributed by atoms with E-state index in [0.717, 1.165) is 12.1 Å². The predicted molar refractivity (Wildman–Crippen MR) is 91.3 cm³/mol. The third-order valence-corrected chi connectivity index (χ3v) is 6.58. The maximum Gasteiger partial charge on any atom is 0.357 e. The van der Waals surface area contributed by atoms with Gasteiger partial charge in [0.05, 0.1) is 4.92 Å². The molecule has 0 saturated heterocycles. The molecule has 3 aromatic rings. The first-order chi connectivity index (χ1) is 12.4. The molecule has 26 heavy (non-hydrogen) atoms. The van der Waals surface area contributed by atoms with Crippen molar-refractivity contribution in [2.24, 2.45) is 0 Å². The summed E-state index contributed by atoms with van der Waals surface area (Å²) in [7, 11) is -4.77. The molecule has 6 nitrogen and oxygen atoms in total. The number of halogens is 1. The summed E-state index contributed by atoms with van der Waals surface area (Å²) < 4.78 is 34.5. The molecule has 0 saturated carbocycles. The van der Waals surface area contributed by atoms with E-state index in [4.69, 9.17) is 0 Å². The first kappa shape index (κ1) is 20.0. The highest BCUT2D eigenvalue weighted by molar-refractivity contribution is 7.85. The van der Waals surface area contributed by atoms with Crippen molar-refractivity contribution in [2.45, 2.75) is 4.90 Å². The minimum absolute atomic E-state index is 0.0287. The molecule has 0 heterocycles. The molecule has 3 rings (SSSR count). The van der Waals surface area contributed by atoms with Gasteiger partial charge in [-0.3, -0.25) is 10.1 Å². The molecule has 3 aromatic carbocycles. The second-order valence-electron chi connectivity index (χ2n) is 4.86. The fraction of sp³-hybridized carbons (Fsp3) is 0. The van der Waals surface area contributed by atoms with Crippen molar-refractivity contribution in [1.29, 1.82) is 0 Å². The molecule has 0 radical (unpaired) electrons. The van der Waals surface area contributed by atoms with Gasteiger partial charge in [0.2, 0.25) is 0 Å². The first-order valence-corrected chi connectivity index (χ1v) is 10.9. The SMILES string of the molecule is O=[N+]([O-])c1ccccc1S(=O)(=O)[O-].c1ccc([I+]c2ccccc2)cc1. The van der Waals surface area contributed by atoms with Crippen LogP contribution in [0.3, 0.4) is 0 Å². The van der Waals surface area contributed by atoms with Crippen molar-refractivity contribution in [3.05, 3.63) is 102 Å². The van der Waals surface area contributed by atoms with Gasteiger partial charge in [-0.25, -0.2) is 8.42 Å². The van der Waals surface area contributed by atoms with Gasteiger partial charge in [-0.1, -0.05) is 48.5 Å². The summed E-state index contributed by atoms with van der Waals surface area (Å²) in [6.45, 7) is 0. The lowest BCUT2D eigenvalue weighted by molar-refractivity contribution is -0.597. The number of hydrogen-bond acceptors (Lipinski definition) is 5. The summed E-state index contributed by atoms with van der Waals surface area (Å²) in [6.07, 6.45) is 0. The minimum Gasteiger partial charge on any atom is -0.744 e. The summed E-state index contributed by atoms with van der Waals surface area (Å²) in [5, 5.41) is 10.3. The van der Waals surface area contributed by atoms with E-state index in [1.54, 1.807) is 0 Å². The summed E-state index contributed by atoms with van der Waals surface area (Å²) in [6, 6.07) is 25.8. The van der Waals surface area contributed by atoms with E-state index in [9.17, 15) is 23.1 Å². The Hall–Kier alpha value is -2.30. The number of hydrogen-bond donors (Lipinski definition) is 0. The maximum atomic E-state index is 10.5. The van der Waals surface area contributed by atoms with E-state index < -0.39 is 25.6 Å². The van der Waals surface area contributed by atoms with Gasteiger partial charge >= 0.3 is 21.2 Å². The minimum atomic E-state index is -4.77. The van der Waals surface area contributed by atoms with Crippen LogP contribution in [-0.2, 0) is 10.1 Å². The van der Waals surface area contributed by atoms with Crippen LogP contribution in [0, 0.1) is 17.3 Å². The van der Waals surface area contributed by atoms with Gasteiger partial charge in [-0.2, -0.15) is 0 Å². The normalized spacial score (nSPS) is 10.5. The van der Waals surface area contributed by atoms with Crippen LogP contribution in [0.1, 0.15) is 0 Å². The molecule has 0 bridgehead atoms. The summed E-state index contributed by atoms with van der Waals surface area (Å²) in [5.74, 6) is 0. The average molecular weight is 483 g/mol. The number of nitro benzene ring substituents is 1. The monoisotopic (exact) mass is 483 g/mol. The highest BCUT2D eigenvalue weighted by Gasteiger charge is 2.16. The lowest BCUT2D eigenvalue weighted by Crippen LogP contribution is -3.61. The maximum absolute atomic E-state index is 10.5. The zero-order valence-corrected chi connectivity index (χ0v) is 16.3.